The fourth-order valence-electron chi connectivity index (χ4n) is 6.23. The van der Waals surface area contributed by atoms with Crippen LogP contribution in [0.15, 0.2) is 34.3 Å². The molecule has 4 aliphatic rings. The van der Waals surface area contributed by atoms with E-state index in [1.807, 2.05) is 0 Å². The summed E-state index contributed by atoms with van der Waals surface area (Å²) in [5.41, 5.74) is 2.69. The molecule has 0 saturated heterocycles. The van der Waals surface area contributed by atoms with Crippen molar-refractivity contribution < 1.29 is 9.47 Å². The Kier molecular flexibility index (Phi) is 3.15. The Hall–Kier alpha value is 0.0400. The van der Waals surface area contributed by atoms with E-state index in [9.17, 15) is 0 Å². The van der Waals surface area contributed by atoms with E-state index in [1.165, 1.54) is 11.1 Å². The Morgan fingerprint density at radius 2 is 1.29 bits per heavy atom. The molecule has 4 aliphatic carbocycles. The number of benzene rings is 1. The second-order valence-corrected chi connectivity index (χ2v) is 9.15. The maximum Gasteiger partial charge on any atom is 0.217 e. The molecule has 0 heterocycles. The second kappa shape index (κ2) is 4.65. The van der Waals surface area contributed by atoms with Crippen LogP contribution < -0.4 is 0 Å². The molecule has 6 heteroatoms. The molecule has 0 aromatic heterocycles. The summed E-state index contributed by atoms with van der Waals surface area (Å²) in [7, 11) is 3.13. The molecular formula is C18H16Cl4O2. The summed E-state index contributed by atoms with van der Waals surface area (Å²) in [5.74, 6) is -0.626. The number of hydrogen-bond donors (Lipinski definition) is 0. The lowest BCUT2D eigenvalue weighted by atomic mass is 9.70. The summed E-state index contributed by atoms with van der Waals surface area (Å²) in [4.78, 5) is -2.15. The highest BCUT2D eigenvalue weighted by atomic mass is 35.5. The van der Waals surface area contributed by atoms with Crippen molar-refractivity contribution in [3.05, 3.63) is 45.5 Å². The molecule has 0 radical (unpaired) electrons. The summed E-state index contributed by atoms with van der Waals surface area (Å²) in [6, 6.07) is 8.51. The van der Waals surface area contributed by atoms with E-state index in [0.29, 0.717) is 10.1 Å². The molecule has 0 aliphatic heterocycles. The van der Waals surface area contributed by atoms with Crippen molar-refractivity contribution in [1.29, 1.82) is 0 Å². The standard InChI is InChI=1S/C18H16Cl4O2/c1-23-18(24-2)16(21)12-10-7-11(9-6-4-3-5-8(9)10)13(12)17(18,22)15(20)14(16)19/h3-6,10-13H,7H2,1-2H3/t10-,11-,12-,13+,16-,17+/m1/s1. The van der Waals surface area contributed by atoms with Gasteiger partial charge in [-0.15, -0.1) is 23.2 Å². The number of methoxy groups -OCH3 is 2. The summed E-state index contributed by atoms with van der Waals surface area (Å²) in [6.45, 7) is 0. The van der Waals surface area contributed by atoms with Crippen LogP contribution >= 0.6 is 46.4 Å². The number of halogens is 4. The Labute approximate surface area is 161 Å². The van der Waals surface area contributed by atoms with Crippen molar-refractivity contribution in [2.24, 2.45) is 11.8 Å². The third-order valence-electron chi connectivity index (χ3n) is 6.84. The first-order valence-corrected chi connectivity index (χ1v) is 9.54. The predicted octanol–water partition coefficient (Wildman–Crippen LogP) is 5.16. The van der Waals surface area contributed by atoms with E-state index in [4.69, 9.17) is 55.9 Å². The summed E-state index contributed by atoms with van der Waals surface area (Å²) < 4.78 is 11.7. The first-order valence-electron chi connectivity index (χ1n) is 8.03. The van der Waals surface area contributed by atoms with Crippen LogP contribution in [0.1, 0.15) is 29.4 Å². The molecular weight excluding hydrogens is 390 g/mol. The van der Waals surface area contributed by atoms with Crippen LogP contribution in [0.4, 0.5) is 0 Å². The zero-order valence-corrected chi connectivity index (χ0v) is 16.2. The fourth-order valence-corrected chi connectivity index (χ4v) is 8.54. The zero-order valence-electron chi connectivity index (χ0n) is 13.2. The maximum absolute atomic E-state index is 7.21. The van der Waals surface area contributed by atoms with Gasteiger partial charge in [0.2, 0.25) is 5.79 Å². The van der Waals surface area contributed by atoms with E-state index in [1.54, 1.807) is 14.2 Å². The molecule has 0 N–H and O–H groups in total. The Morgan fingerprint density at radius 3 is 1.67 bits per heavy atom. The topological polar surface area (TPSA) is 18.5 Å². The van der Waals surface area contributed by atoms with Gasteiger partial charge in [0.15, 0.2) is 0 Å². The van der Waals surface area contributed by atoms with Gasteiger partial charge in [0.25, 0.3) is 0 Å². The van der Waals surface area contributed by atoms with E-state index in [2.05, 4.69) is 24.3 Å². The fraction of sp³-hybridized carbons (Fsp3) is 0.556. The first-order chi connectivity index (χ1) is 11.4. The van der Waals surface area contributed by atoms with Crippen molar-refractivity contribution in [3.8, 4) is 0 Å². The van der Waals surface area contributed by atoms with Gasteiger partial charge in [-0.2, -0.15) is 0 Å². The quantitative estimate of drug-likeness (QED) is 0.384. The monoisotopic (exact) mass is 404 g/mol. The molecule has 6 atom stereocenters. The smallest absolute Gasteiger partial charge is 0.217 e. The molecule has 4 bridgehead atoms. The third-order valence-corrected chi connectivity index (χ3v) is 9.48. The molecule has 24 heavy (non-hydrogen) atoms. The van der Waals surface area contributed by atoms with Gasteiger partial charge in [-0.25, -0.2) is 0 Å². The Bertz CT molecular complexity index is 730. The van der Waals surface area contributed by atoms with Gasteiger partial charge in [-0.1, -0.05) is 47.5 Å². The van der Waals surface area contributed by atoms with Crippen molar-refractivity contribution in [2.75, 3.05) is 14.2 Å². The lowest BCUT2D eigenvalue weighted by Crippen LogP contribution is -2.58. The van der Waals surface area contributed by atoms with Gasteiger partial charge in [-0.05, 0) is 29.4 Å². The second-order valence-electron chi connectivity index (χ2n) is 7.21. The van der Waals surface area contributed by atoms with Gasteiger partial charge in [0.05, 0.1) is 10.1 Å². The van der Waals surface area contributed by atoms with Gasteiger partial charge >= 0.3 is 0 Å². The van der Waals surface area contributed by atoms with Crippen LogP contribution in [0, 0.1) is 11.8 Å². The van der Waals surface area contributed by atoms with Crippen molar-refractivity contribution >= 4 is 46.4 Å². The average Bonchev–Trinajstić information content (AvgIpc) is 3.24. The first kappa shape index (κ1) is 16.2. The molecule has 0 amide bonds. The lowest BCUT2D eigenvalue weighted by Gasteiger charge is -2.42. The van der Waals surface area contributed by atoms with Crippen LogP contribution in [0.2, 0.25) is 0 Å². The minimum Gasteiger partial charge on any atom is -0.350 e. The van der Waals surface area contributed by atoms with Crippen LogP contribution in [0.25, 0.3) is 0 Å². The molecule has 128 valence electrons. The number of hydrogen-bond acceptors (Lipinski definition) is 2. The Morgan fingerprint density at radius 1 is 0.875 bits per heavy atom. The molecule has 1 aromatic rings. The number of fused-ring (bicyclic) bond motifs is 12. The SMILES string of the molecule is COC1(OC)[C@@]2(Cl)C(Cl)=C(Cl)[C@]1(Cl)[C@H]1[C@@H]2[C@@H]2C[C@@H]1c1ccccc12. The summed E-state index contributed by atoms with van der Waals surface area (Å²) in [6.07, 6.45) is 1.02. The van der Waals surface area contributed by atoms with Crippen molar-refractivity contribution in [3.63, 3.8) is 0 Å². The van der Waals surface area contributed by atoms with Gasteiger partial charge in [0, 0.05) is 26.1 Å². The summed E-state index contributed by atoms with van der Waals surface area (Å²) in [5, 5.41) is 0.742. The third kappa shape index (κ3) is 1.29. The van der Waals surface area contributed by atoms with Crippen LogP contribution in [-0.4, -0.2) is 29.8 Å². The molecule has 0 unspecified atom stereocenters. The minimum absolute atomic E-state index is 0.0338. The van der Waals surface area contributed by atoms with Gasteiger partial charge < -0.3 is 9.47 Å². The van der Waals surface area contributed by atoms with Crippen molar-refractivity contribution in [2.45, 2.75) is 33.8 Å². The average molecular weight is 406 g/mol. The van der Waals surface area contributed by atoms with Gasteiger partial charge in [-0.3, -0.25) is 0 Å². The number of rotatable bonds is 2. The highest BCUT2D eigenvalue weighted by Crippen LogP contribution is 2.82. The van der Waals surface area contributed by atoms with Crippen molar-refractivity contribution in [1.82, 2.24) is 0 Å². The Balaban J connectivity index is 1.81. The van der Waals surface area contributed by atoms with E-state index < -0.39 is 15.5 Å². The largest absolute Gasteiger partial charge is 0.350 e. The minimum atomic E-state index is -1.27. The van der Waals surface area contributed by atoms with Crippen LogP contribution in [0.5, 0.6) is 0 Å². The molecule has 0 spiro atoms. The number of alkyl halides is 2. The molecule has 2 saturated carbocycles. The molecule has 5 rings (SSSR count). The van der Waals surface area contributed by atoms with E-state index in [-0.39, 0.29) is 23.7 Å². The normalized spacial score (nSPS) is 46.6. The zero-order chi connectivity index (χ0) is 17.1. The predicted molar refractivity (Wildman–Crippen MR) is 96.2 cm³/mol. The molecule has 1 aromatic carbocycles. The summed E-state index contributed by atoms with van der Waals surface area (Å²) >= 11 is 27.7. The molecule has 2 fully saturated rings. The highest BCUT2D eigenvalue weighted by Gasteiger charge is 2.88. The number of ether oxygens (including phenoxy) is 2. The van der Waals surface area contributed by atoms with Gasteiger partial charge in [0.1, 0.15) is 9.75 Å². The van der Waals surface area contributed by atoms with Crippen LogP contribution in [-0.2, 0) is 9.47 Å². The van der Waals surface area contributed by atoms with E-state index >= 15 is 0 Å². The lowest BCUT2D eigenvalue weighted by molar-refractivity contribution is -0.221. The highest BCUT2D eigenvalue weighted by molar-refractivity contribution is 6.52. The van der Waals surface area contributed by atoms with Crippen LogP contribution in [0.3, 0.4) is 0 Å². The molecule has 2 nitrogen and oxygen atoms in total. The van der Waals surface area contributed by atoms with E-state index in [0.717, 1.165) is 6.42 Å². The maximum atomic E-state index is 7.21.